The van der Waals surface area contributed by atoms with Gasteiger partial charge >= 0.3 is 0 Å². The van der Waals surface area contributed by atoms with Crippen LogP contribution in [0.25, 0.3) is 10.9 Å². The molecule has 3 heteroatoms. The Morgan fingerprint density at radius 1 is 1.43 bits per heavy atom. The highest BCUT2D eigenvalue weighted by molar-refractivity contribution is 5.82. The Hall–Kier alpha value is -1.79. The number of aromatic amines is 1. The maximum absolute atomic E-state index is 8.85. The molecule has 3 N–H and O–H groups in total. The van der Waals surface area contributed by atoms with Gasteiger partial charge in [-0.3, -0.25) is 0 Å². The van der Waals surface area contributed by atoms with Gasteiger partial charge in [0.1, 0.15) is 0 Å². The van der Waals surface area contributed by atoms with Crippen LogP contribution in [-0.4, -0.2) is 4.98 Å². The number of H-pyrrole nitrogens is 1. The molecule has 2 rings (SSSR count). The van der Waals surface area contributed by atoms with Crippen molar-refractivity contribution in [3.63, 3.8) is 0 Å². The first-order valence-electron chi connectivity index (χ1n) is 4.47. The van der Waals surface area contributed by atoms with Crippen LogP contribution in [0.3, 0.4) is 0 Å². The Bertz CT molecular complexity index is 517. The number of rotatable bonds is 1. The molecule has 3 nitrogen and oxygen atoms in total. The van der Waals surface area contributed by atoms with Gasteiger partial charge in [-0.25, -0.2) is 0 Å². The van der Waals surface area contributed by atoms with Crippen LogP contribution in [0.15, 0.2) is 18.2 Å². The lowest BCUT2D eigenvalue weighted by atomic mass is 10.1. The van der Waals surface area contributed by atoms with Gasteiger partial charge in [0, 0.05) is 23.1 Å². The van der Waals surface area contributed by atoms with Crippen LogP contribution in [-0.2, 0) is 6.54 Å². The third kappa shape index (κ3) is 1.26. The van der Waals surface area contributed by atoms with Crippen molar-refractivity contribution in [2.75, 3.05) is 0 Å². The largest absolute Gasteiger partial charge is 0.357 e. The molecule has 0 atom stereocenters. The number of nitrogens with zero attached hydrogens (tertiary/aromatic N) is 1. The zero-order valence-corrected chi connectivity index (χ0v) is 7.96. The van der Waals surface area contributed by atoms with E-state index < -0.39 is 0 Å². The second-order valence-corrected chi connectivity index (χ2v) is 3.36. The van der Waals surface area contributed by atoms with Crippen molar-refractivity contribution in [3.8, 4) is 6.07 Å². The van der Waals surface area contributed by atoms with Gasteiger partial charge in [0.05, 0.1) is 11.6 Å². The molecule has 1 heterocycles. The van der Waals surface area contributed by atoms with E-state index in [4.69, 9.17) is 11.0 Å². The zero-order chi connectivity index (χ0) is 10.1. The Labute approximate surface area is 82.1 Å². The van der Waals surface area contributed by atoms with E-state index in [1.807, 2.05) is 25.1 Å². The number of fused-ring (bicyclic) bond motifs is 1. The lowest BCUT2D eigenvalue weighted by molar-refractivity contribution is 1.02. The van der Waals surface area contributed by atoms with Crippen molar-refractivity contribution in [1.29, 1.82) is 5.26 Å². The highest BCUT2D eigenvalue weighted by Gasteiger charge is 2.03. The fourth-order valence-electron chi connectivity index (χ4n) is 1.59. The summed E-state index contributed by atoms with van der Waals surface area (Å²) in [5.41, 5.74) is 9.21. The number of hydrogen-bond acceptors (Lipinski definition) is 2. The van der Waals surface area contributed by atoms with Crippen LogP contribution >= 0.6 is 0 Å². The predicted molar refractivity (Wildman–Crippen MR) is 55.6 cm³/mol. The van der Waals surface area contributed by atoms with E-state index in [9.17, 15) is 0 Å². The number of hydrogen-bond donors (Lipinski definition) is 2. The first-order chi connectivity index (χ1) is 6.74. The molecule has 0 aliphatic heterocycles. The molecule has 0 saturated carbocycles. The van der Waals surface area contributed by atoms with Crippen molar-refractivity contribution >= 4 is 10.9 Å². The van der Waals surface area contributed by atoms with Crippen LogP contribution in [0.4, 0.5) is 0 Å². The van der Waals surface area contributed by atoms with Crippen molar-refractivity contribution in [2.24, 2.45) is 5.73 Å². The predicted octanol–water partition coefficient (Wildman–Crippen LogP) is 1.81. The lowest BCUT2D eigenvalue weighted by Crippen LogP contribution is -1.94. The molecule has 0 amide bonds. The number of nitrogens with one attached hydrogen (secondary N) is 1. The van der Waals surface area contributed by atoms with Crippen molar-refractivity contribution in [2.45, 2.75) is 13.5 Å². The van der Waals surface area contributed by atoms with Gasteiger partial charge in [-0.2, -0.15) is 5.26 Å². The number of nitrogens with two attached hydrogens (primary N) is 1. The van der Waals surface area contributed by atoms with Gasteiger partial charge in [-0.15, -0.1) is 0 Å². The van der Waals surface area contributed by atoms with E-state index in [0.29, 0.717) is 12.1 Å². The lowest BCUT2D eigenvalue weighted by Gasteiger charge is -1.96. The molecule has 0 radical (unpaired) electrons. The van der Waals surface area contributed by atoms with E-state index in [2.05, 4.69) is 11.1 Å². The average molecular weight is 185 g/mol. The average Bonchev–Trinajstić information content (AvgIpc) is 2.58. The summed E-state index contributed by atoms with van der Waals surface area (Å²) in [6.45, 7) is 2.43. The van der Waals surface area contributed by atoms with E-state index in [1.165, 1.54) is 0 Å². The summed E-state index contributed by atoms with van der Waals surface area (Å²) >= 11 is 0. The normalized spacial score (nSPS) is 10.4. The van der Waals surface area contributed by atoms with E-state index in [-0.39, 0.29) is 0 Å². The second-order valence-electron chi connectivity index (χ2n) is 3.36. The molecule has 2 aromatic rings. The van der Waals surface area contributed by atoms with Gasteiger partial charge in [-0.1, -0.05) is 0 Å². The van der Waals surface area contributed by atoms with Gasteiger partial charge < -0.3 is 10.7 Å². The van der Waals surface area contributed by atoms with Crippen molar-refractivity contribution in [1.82, 2.24) is 4.98 Å². The molecule has 0 aliphatic carbocycles. The topological polar surface area (TPSA) is 65.6 Å². The Balaban J connectivity index is 2.71. The minimum Gasteiger partial charge on any atom is -0.357 e. The van der Waals surface area contributed by atoms with Gasteiger partial charge in [0.25, 0.3) is 0 Å². The highest BCUT2D eigenvalue weighted by atomic mass is 14.7. The van der Waals surface area contributed by atoms with E-state index >= 15 is 0 Å². The number of nitriles is 1. The van der Waals surface area contributed by atoms with Crippen LogP contribution in [0, 0.1) is 18.3 Å². The third-order valence-electron chi connectivity index (χ3n) is 2.36. The van der Waals surface area contributed by atoms with E-state index in [0.717, 1.165) is 22.2 Å². The third-order valence-corrected chi connectivity index (χ3v) is 2.36. The smallest absolute Gasteiger partial charge is 0.0995 e. The molecule has 1 aromatic heterocycles. The van der Waals surface area contributed by atoms with Crippen LogP contribution in [0.5, 0.6) is 0 Å². The summed E-state index contributed by atoms with van der Waals surface area (Å²) < 4.78 is 0. The zero-order valence-electron chi connectivity index (χ0n) is 7.96. The molecule has 0 aliphatic rings. The van der Waals surface area contributed by atoms with Crippen LogP contribution in [0.1, 0.15) is 16.8 Å². The maximum atomic E-state index is 8.85. The molecule has 0 unspecified atom stereocenters. The summed E-state index contributed by atoms with van der Waals surface area (Å²) in [6.07, 6.45) is 0. The quantitative estimate of drug-likeness (QED) is 0.711. The summed E-state index contributed by atoms with van der Waals surface area (Å²) in [7, 11) is 0. The fraction of sp³-hybridized carbons (Fsp3) is 0.182. The molecule has 1 aromatic carbocycles. The SMILES string of the molecule is Cc1cc2cc(CN)[nH]c2cc1C#N. The Kier molecular flexibility index (Phi) is 1.99. The summed E-state index contributed by atoms with van der Waals surface area (Å²) in [6, 6.07) is 8.05. The first-order valence-corrected chi connectivity index (χ1v) is 4.47. The highest BCUT2D eigenvalue weighted by Crippen LogP contribution is 2.19. The van der Waals surface area contributed by atoms with E-state index in [1.54, 1.807) is 0 Å². The number of benzene rings is 1. The van der Waals surface area contributed by atoms with Gasteiger partial charge in [0.15, 0.2) is 0 Å². The first kappa shape index (κ1) is 8.79. The van der Waals surface area contributed by atoms with Crippen LogP contribution in [0.2, 0.25) is 0 Å². The monoisotopic (exact) mass is 185 g/mol. The molecule has 0 spiro atoms. The molecule has 14 heavy (non-hydrogen) atoms. The minimum atomic E-state index is 0.496. The molecular formula is C11H11N3. The Morgan fingerprint density at radius 3 is 2.86 bits per heavy atom. The van der Waals surface area contributed by atoms with Gasteiger partial charge in [-0.05, 0) is 30.7 Å². The molecule has 0 bridgehead atoms. The van der Waals surface area contributed by atoms with Crippen molar-refractivity contribution in [3.05, 3.63) is 35.0 Å². The summed E-state index contributed by atoms with van der Waals surface area (Å²) in [5, 5.41) is 9.97. The van der Waals surface area contributed by atoms with Crippen LogP contribution < -0.4 is 5.73 Å². The summed E-state index contributed by atoms with van der Waals surface area (Å²) in [4.78, 5) is 3.17. The summed E-state index contributed by atoms with van der Waals surface area (Å²) in [5.74, 6) is 0. The number of aryl methyl sites for hydroxylation is 1. The molecule has 0 fully saturated rings. The van der Waals surface area contributed by atoms with Crippen molar-refractivity contribution < 1.29 is 0 Å². The molecule has 70 valence electrons. The molecule has 0 saturated heterocycles. The maximum Gasteiger partial charge on any atom is 0.0995 e. The second kappa shape index (κ2) is 3.17. The van der Waals surface area contributed by atoms with Gasteiger partial charge in [0.2, 0.25) is 0 Å². The Morgan fingerprint density at radius 2 is 2.21 bits per heavy atom. The number of aromatic nitrogens is 1. The fourth-order valence-corrected chi connectivity index (χ4v) is 1.59. The molecular weight excluding hydrogens is 174 g/mol. The standard InChI is InChI=1S/C11H11N3/c1-7-2-8-3-10(6-13)14-11(8)4-9(7)5-12/h2-4,14H,6,13H2,1H3. The minimum absolute atomic E-state index is 0.496.